The molecule has 3 rings (SSSR count). The average Bonchev–Trinajstić information content (AvgIpc) is 3.00. The molecule has 3 aromatic rings. The van der Waals surface area contributed by atoms with Gasteiger partial charge in [-0.2, -0.15) is 0 Å². The van der Waals surface area contributed by atoms with Gasteiger partial charge in [-0.1, -0.05) is 12.1 Å². The third-order valence-corrected chi connectivity index (χ3v) is 3.24. The van der Waals surface area contributed by atoms with Crippen molar-refractivity contribution >= 4 is 11.1 Å². The summed E-state index contributed by atoms with van der Waals surface area (Å²) in [6.07, 6.45) is 0.479. The van der Waals surface area contributed by atoms with Crippen LogP contribution in [-0.4, -0.2) is 18.1 Å². The van der Waals surface area contributed by atoms with E-state index in [2.05, 4.69) is 4.98 Å². The van der Waals surface area contributed by atoms with Gasteiger partial charge >= 0.3 is 0 Å². The molecule has 0 unspecified atom stereocenters. The quantitative estimate of drug-likeness (QED) is 0.780. The highest BCUT2D eigenvalue weighted by molar-refractivity contribution is 5.76. The highest BCUT2D eigenvalue weighted by Gasteiger charge is 2.07. The van der Waals surface area contributed by atoms with Crippen LogP contribution in [-0.2, 0) is 0 Å². The number of nitrogens with zero attached hydrogens (tertiary/aromatic N) is 1. The van der Waals surface area contributed by atoms with E-state index in [-0.39, 0.29) is 13.2 Å². The molecule has 5 heteroatoms. The number of benzene rings is 2. The zero-order valence-corrected chi connectivity index (χ0v) is 11.8. The average molecular weight is 298 g/mol. The van der Waals surface area contributed by atoms with E-state index < -0.39 is 0 Å². The predicted molar refractivity (Wildman–Crippen MR) is 83.2 cm³/mol. The Morgan fingerprint density at radius 3 is 2.64 bits per heavy atom. The second-order valence-corrected chi connectivity index (χ2v) is 4.77. The summed E-state index contributed by atoms with van der Waals surface area (Å²) in [5.74, 6) is 1.19. The summed E-state index contributed by atoms with van der Waals surface area (Å²) in [6, 6.07) is 14.9. The topological polar surface area (TPSA) is 61.3 Å². The van der Waals surface area contributed by atoms with Gasteiger partial charge in [-0.3, -0.25) is 0 Å². The Hall–Kier alpha value is -2.66. The second-order valence-electron chi connectivity index (χ2n) is 4.77. The van der Waals surface area contributed by atoms with Crippen molar-refractivity contribution in [1.82, 2.24) is 4.98 Å². The lowest BCUT2D eigenvalue weighted by molar-refractivity contribution is 0.347. The van der Waals surface area contributed by atoms with E-state index in [1.54, 1.807) is 12.1 Å². The molecular formula is C17H15FN2O2. The zero-order chi connectivity index (χ0) is 15.4. The monoisotopic (exact) mass is 298 g/mol. The van der Waals surface area contributed by atoms with E-state index in [0.29, 0.717) is 23.5 Å². The lowest BCUT2D eigenvalue weighted by Gasteiger charge is -2.07. The second kappa shape index (κ2) is 6.41. The molecule has 0 bridgehead atoms. The van der Waals surface area contributed by atoms with Crippen LogP contribution < -0.4 is 10.5 Å². The first-order valence-corrected chi connectivity index (χ1v) is 6.87. The molecule has 0 spiro atoms. The molecule has 0 aliphatic carbocycles. The Morgan fingerprint density at radius 2 is 1.95 bits per heavy atom. The molecule has 2 aromatic carbocycles. The smallest absolute Gasteiger partial charge is 0.227 e. The van der Waals surface area contributed by atoms with Crippen LogP contribution in [0.5, 0.6) is 5.75 Å². The molecule has 0 saturated heterocycles. The highest BCUT2D eigenvalue weighted by Crippen LogP contribution is 2.25. The van der Waals surface area contributed by atoms with E-state index in [4.69, 9.17) is 14.9 Å². The third-order valence-electron chi connectivity index (χ3n) is 3.24. The van der Waals surface area contributed by atoms with E-state index >= 15 is 0 Å². The Kier molecular flexibility index (Phi) is 4.16. The van der Waals surface area contributed by atoms with Crippen molar-refractivity contribution in [3.05, 3.63) is 60.4 Å². The molecule has 1 aromatic heterocycles. The van der Waals surface area contributed by atoms with Crippen molar-refractivity contribution in [1.29, 1.82) is 0 Å². The molecule has 2 N–H and O–H groups in total. The van der Waals surface area contributed by atoms with Gasteiger partial charge in [0.05, 0.1) is 6.33 Å². The van der Waals surface area contributed by atoms with E-state index in [9.17, 15) is 4.39 Å². The molecule has 22 heavy (non-hydrogen) atoms. The maximum Gasteiger partial charge on any atom is 0.227 e. The minimum absolute atomic E-state index is 0.134. The van der Waals surface area contributed by atoms with Crippen molar-refractivity contribution < 1.29 is 13.5 Å². The number of rotatable bonds is 5. The summed E-state index contributed by atoms with van der Waals surface area (Å²) in [7, 11) is 0. The maximum atomic E-state index is 12.4. The predicted octanol–water partition coefficient (Wildman–Crippen LogP) is 3.69. The number of fused-ring (bicyclic) bond motifs is 1. The molecule has 1 heterocycles. The molecular weight excluding hydrogens is 283 g/mol. The first kappa shape index (κ1) is 14.3. The highest BCUT2D eigenvalue weighted by atomic mass is 19.1. The summed E-state index contributed by atoms with van der Waals surface area (Å²) in [5, 5.41) is 0. The summed E-state index contributed by atoms with van der Waals surface area (Å²) < 4.78 is 23.6. The van der Waals surface area contributed by atoms with Crippen LogP contribution in [0.2, 0.25) is 0 Å². The van der Waals surface area contributed by atoms with Crippen LogP contribution in [0.15, 0.2) is 64.9 Å². The normalized spacial score (nSPS) is 11.8. The Morgan fingerprint density at radius 1 is 1.18 bits per heavy atom. The summed E-state index contributed by atoms with van der Waals surface area (Å²) >= 11 is 0. The van der Waals surface area contributed by atoms with Gasteiger partial charge in [0.2, 0.25) is 5.89 Å². The van der Waals surface area contributed by atoms with Crippen molar-refractivity contribution in [3.63, 3.8) is 0 Å². The van der Waals surface area contributed by atoms with Crippen LogP contribution in [0.4, 0.5) is 4.39 Å². The summed E-state index contributed by atoms with van der Waals surface area (Å²) in [6.45, 7) is 0.271. The van der Waals surface area contributed by atoms with Gasteiger partial charge < -0.3 is 14.9 Å². The van der Waals surface area contributed by atoms with Crippen molar-refractivity contribution in [2.75, 3.05) is 13.2 Å². The van der Waals surface area contributed by atoms with Gasteiger partial charge in [-0.05, 0) is 36.4 Å². The minimum Gasteiger partial charge on any atom is -0.489 e. The molecule has 112 valence electrons. The number of aromatic nitrogens is 1. The van der Waals surface area contributed by atoms with Crippen LogP contribution in [0.1, 0.15) is 0 Å². The largest absolute Gasteiger partial charge is 0.489 e. The fourth-order valence-corrected chi connectivity index (χ4v) is 2.00. The van der Waals surface area contributed by atoms with Crippen molar-refractivity contribution in [3.8, 4) is 17.2 Å². The molecule has 0 saturated carbocycles. The van der Waals surface area contributed by atoms with Gasteiger partial charge in [0.15, 0.2) is 5.58 Å². The Labute approximate surface area is 127 Å². The lowest BCUT2D eigenvalue weighted by Crippen LogP contribution is -2.10. The number of hydrogen-bond donors (Lipinski definition) is 1. The Balaban J connectivity index is 1.76. The van der Waals surface area contributed by atoms with Crippen LogP contribution in [0, 0.1) is 0 Å². The molecule has 0 aliphatic rings. The van der Waals surface area contributed by atoms with Gasteiger partial charge in [-0.15, -0.1) is 0 Å². The number of ether oxygens (including phenoxy) is 1. The van der Waals surface area contributed by atoms with Crippen LogP contribution in [0.25, 0.3) is 22.6 Å². The molecule has 4 nitrogen and oxygen atoms in total. The number of para-hydroxylation sites is 2. The van der Waals surface area contributed by atoms with Gasteiger partial charge in [0, 0.05) is 17.7 Å². The third kappa shape index (κ3) is 2.99. The summed E-state index contributed by atoms with van der Waals surface area (Å²) in [5.41, 5.74) is 8.20. The molecule has 0 aliphatic heterocycles. The van der Waals surface area contributed by atoms with Crippen LogP contribution in [0.3, 0.4) is 0 Å². The maximum absolute atomic E-state index is 12.4. The molecule has 0 radical (unpaired) electrons. The van der Waals surface area contributed by atoms with Gasteiger partial charge in [-0.25, -0.2) is 9.37 Å². The fourth-order valence-electron chi connectivity index (χ4n) is 2.00. The standard InChI is InChI=1S/C17H15FN2O2/c18-9-12(10-19)11-21-14-7-5-13(6-8-14)17-20-15-3-1-2-4-16(15)22-17/h1-9H,10-11,19H2/b12-9+. The van der Waals surface area contributed by atoms with Gasteiger partial charge in [0.1, 0.15) is 17.9 Å². The fraction of sp³-hybridized carbons (Fsp3) is 0.118. The van der Waals surface area contributed by atoms with E-state index in [1.807, 2.05) is 36.4 Å². The van der Waals surface area contributed by atoms with Gasteiger partial charge in [0.25, 0.3) is 0 Å². The zero-order valence-electron chi connectivity index (χ0n) is 11.8. The number of oxazole rings is 1. The first-order valence-electron chi connectivity index (χ1n) is 6.87. The number of halogens is 1. The van der Waals surface area contributed by atoms with E-state index in [1.165, 1.54) is 0 Å². The first-order chi connectivity index (χ1) is 10.8. The van der Waals surface area contributed by atoms with Crippen molar-refractivity contribution in [2.24, 2.45) is 5.73 Å². The number of hydrogen-bond acceptors (Lipinski definition) is 4. The number of nitrogens with two attached hydrogens (primary N) is 1. The lowest BCUT2D eigenvalue weighted by atomic mass is 10.2. The summed E-state index contributed by atoms with van der Waals surface area (Å²) in [4.78, 5) is 4.43. The Bertz CT molecular complexity index is 761. The van der Waals surface area contributed by atoms with E-state index in [0.717, 1.165) is 16.7 Å². The molecule has 0 atom stereocenters. The molecule has 0 amide bonds. The minimum atomic E-state index is 0.134. The van der Waals surface area contributed by atoms with Crippen LogP contribution >= 0.6 is 0 Å². The van der Waals surface area contributed by atoms with Crippen molar-refractivity contribution in [2.45, 2.75) is 0 Å². The molecule has 0 fully saturated rings. The SMILES string of the molecule is NC/C(=C\F)COc1ccc(-c2nc3ccccc3o2)cc1.